The topological polar surface area (TPSA) is 93.5 Å². The average molecular weight is 202 g/mol. The summed E-state index contributed by atoms with van der Waals surface area (Å²) >= 11 is 0. The molecule has 15 heavy (non-hydrogen) atoms. The molecule has 0 atom stereocenters. The van der Waals surface area contributed by atoms with Gasteiger partial charge in [0.25, 0.3) is 0 Å². The molecule has 0 amide bonds. The Bertz CT molecular complexity index is 484. The Labute approximate surface area is 86.3 Å². The molecule has 6 nitrogen and oxygen atoms in total. The smallest absolute Gasteiger partial charge is 0.171 e. The van der Waals surface area contributed by atoms with E-state index < -0.39 is 0 Å². The van der Waals surface area contributed by atoms with E-state index in [1.165, 1.54) is 12.4 Å². The van der Waals surface area contributed by atoms with Crippen molar-refractivity contribution >= 4 is 5.84 Å². The van der Waals surface area contributed by atoms with Crippen molar-refractivity contribution < 1.29 is 0 Å². The summed E-state index contributed by atoms with van der Waals surface area (Å²) in [6, 6.07) is 0. The Morgan fingerprint density at radius 2 is 2.13 bits per heavy atom. The lowest BCUT2D eigenvalue weighted by Gasteiger charge is -2.00. The lowest BCUT2D eigenvalue weighted by Crippen LogP contribution is -2.14. The first-order chi connectivity index (χ1) is 7.16. The van der Waals surface area contributed by atoms with Gasteiger partial charge in [0, 0.05) is 6.20 Å². The summed E-state index contributed by atoms with van der Waals surface area (Å²) in [5, 5.41) is 11.3. The van der Waals surface area contributed by atoms with Gasteiger partial charge >= 0.3 is 0 Å². The molecule has 0 fully saturated rings. The van der Waals surface area contributed by atoms with Crippen LogP contribution in [0, 0.1) is 12.3 Å². The Kier molecular flexibility index (Phi) is 2.17. The molecule has 0 spiro atoms. The number of hydrogen-bond acceptors (Lipinski definition) is 4. The molecule has 0 saturated carbocycles. The van der Waals surface area contributed by atoms with Gasteiger partial charge in [-0.15, -0.1) is 0 Å². The second kappa shape index (κ2) is 3.49. The van der Waals surface area contributed by atoms with Gasteiger partial charge in [0.05, 0.1) is 18.6 Å². The molecule has 76 valence electrons. The predicted octanol–water partition coefficient (Wildman–Crippen LogP) is 0.255. The van der Waals surface area contributed by atoms with E-state index in [4.69, 9.17) is 11.1 Å². The van der Waals surface area contributed by atoms with Crippen LogP contribution < -0.4 is 5.73 Å². The molecule has 0 bridgehead atoms. The number of nitrogen functional groups attached to an aromatic ring is 1. The van der Waals surface area contributed by atoms with E-state index in [1.807, 2.05) is 13.1 Å². The van der Waals surface area contributed by atoms with Crippen LogP contribution in [0.5, 0.6) is 0 Å². The zero-order valence-electron chi connectivity index (χ0n) is 8.18. The standard InChI is InChI=1S/C9H10N6/c1-6-2-14-15(5-6)8-4-12-7(3-13-8)9(10)11/h2-5H,1H3,(H3,10,11). The monoisotopic (exact) mass is 202 g/mol. The zero-order valence-corrected chi connectivity index (χ0v) is 8.18. The summed E-state index contributed by atoms with van der Waals surface area (Å²) in [5.74, 6) is 0.513. The number of aromatic nitrogens is 4. The highest BCUT2D eigenvalue weighted by Gasteiger charge is 2.02. The van der Waals surface area contributed by atoms with Gasteiger partial charge in [-0.2, -0.15) is 5.10 Å². The number of rotatable bonds is 2. The fourth-order valence-electron chi connectivity index (χ4n) is 1.12. The van der Waals surface area contributed by atoms with Crippen molar-refractivity contribution in [2.24, 2.45) is 5.73 Å². The fourth-order valence-corrected chi connectivity index (χ4v) is 1.12. The third-order valence-electron chi connectivity index (χ3n) is 1.86. The minimum absolute atomic E-state index is 0.0919. The maximum absolute atomic E-state index is 7.17. The largest absolute Gasteiger partial charge is 0.382 e. The van der Waals surface area contributed by atoms with Crippen molar-refractivity contribution in [1.29, 1.82) is 5.41 Å². The first-order valence-electron chi connectivity index (χ1n) is 4.35. The molecule has 2 heterocycles. The molecule has 0 aliphatic carbocycles. The van der Waals surface area contributed by atoms with Crippen molar-refractivity contribution in [1.82, 2.24) is 19.7 Å². The number of hydrogen-bond donors (Lipinski definition) is 2. The van der Waals surface area contributed by atoms with Crippen molar-refractivity contribution in [3.05, 3.63) is 36.0 Å². The summed E-state index contributed by atoms with van der Waals surface area (Å²) in [6.07, 6.45) is 6.57. The quantitative estimate of drug-likeness (QED) is 0.539. The van der Waals surface area contributed by atoms with E-state index in [0.29, 0.717) is 11.5 Å². The van der Waals surface area contributed by atoms with E-state index in [0.717, 1.165) is 5.56 Å². The molecule has 0 aliphatic heterocycles. The van der Waals surface area contributed by atoms with Gasteiger partial charge in [-0.25, -0.2) is 14.6 Å². The highest BCUT2D eigenvalue weighted by molar-refractivity contribution is 5.92. The van der Waals surface area contributed by atoms with Gasteiger partial charge in [0.1, 0.15) is 11.5 Å². The van der Waals surface area contributed by atoms with Crippen molar-refractivity contribution in [2.45, 2.75) is 6.92 Å². The van der Waals surface area contributed by atoms with Crippen LogP contribution in [0.15, 0.2) is 24.8 Å². The molecule has 2 aromatic heterocycles. The van der Waals surface area contributed by atoms with Crippen LogP contribution >= 0.6 is 0 Å². The van der Waals surface area contributed by atoms with Gasteiger partial charge in [-0.05, 0) is 12.5 Å². The van der Waals surface area contributed by atoms with Crippen LogP contribution in [-0.4, -0.2) is 25.6 Å². The molecule has 2 aromatic rings. The first-order valence-corrected chi connectivity index (χ1v) is 4.35. The summed E-state index contributed by atoms with van der Waals surface area (Å²) in [5.41, 5.74) is 6.68. The summed E-state index contributed by atoms with van der Waals surface area (Å²) < 4.78 is 1.62. The molecular weight excluding hydrogens is 192 g/mol. The van der Waals surface area contributed by atoms with Crippen LogP contribution in [0.1, 0.15) is 11.3 Å². The van der Waals surface area contributed by atoms with Crippen LogP contribution in [0.4, 0.5) is 0 Å². The number of aryl methyl sites for hydroxylation is 1. The summed E-state index contributed by atoms with van der Waals surface area (Å²) in [7, 11) is 0. The van der Waals surface area contributed by atoms with E-state index in [9.17, 15) is 0 Å². The molecule has 2 rings (SSSR count). The Hall–Kier alpha value is -2.24. The number of nitrogens with one attached hydrogen (secondary N) is 1. The average Bonchev–Trinajstić information content (AvgIpc) is 2.65. The molecule has 0 radical (unpaired) electrons. The Balaban J connectivity index is 2.35. The number of nitrogens with two attached hydrogens (primary N) is 1. The molecule has 0 aromatic carbocycles. The van der Waals surface area contributed by atoms with Crippen LogP contribution in [0.2, 0.25) is 0 Å². The first kappa shape index (κ1) is 9.32. The minimum atomic E-state index is -0.0919. The van der Waals surface area contributed by atoms with E-state index in [2.05, 4.69) is 15.1 Å². The van der Waals surface area contributed by atoms with Gasteiger partial charge in [0.15, 0.2) is 5.82 Å². The molecule has 0 aliphatic rings. The molecule has 3 N–H and O–H groups in total. The Morgan fingerprint density at radius 3 is 2.60 bits per heavy atom. The van der Waals surface area contributed by atoms with Crippen molar-refractivity contribution in [2.75, 3.05) is 0 Å². The minimum Gasteiger partial charge on any atom is -0.382 e. The van der Waals surface area contributed by atoms with Crippen LogP contribution in [-0.2, 0) is 0 Å². The van der Waals surface area contributed by atoms with Crippen molar-refractivity contribution in [3.63, 3.8) is 0 Å². The van der Waals surface area contributed by atoms with Gasteiger partial charge in [-0.3, -0.25) is 5.41 Å². The lowest BCUT2D eigenvalue weighted by molar-refractivity contribution is 0.836. The van der Waals surface area contributed by atoms with Gasteiger partial charge in [0.2, 0.25) is 0 Å². The van der Waals surface area contributed by atoms with Crippen LogP contribution in [0.3, 0.4) is 0 Å². The summed E-state index contributed by atoms with van der Waals surface area (Å²) in [6.45, 7) is 1.95. The third kappa shape index (κ3) is 1.83. The zero-order chi connectivity index (χ0) is 10.8. The molecule has 0 unspecified atom stereocenters. The number of amidine groups is 1. The normalized spacial score (nSPS) is 10.2. The highest BCUT2D eigenvalue weighted by atomic mass is 15.3. The molecular formula is C9H10N6. The molecule has 6 heteroatoms. The van der Waals surface area contributed by atoms with E-state index in [1.54, 1.807) is 10.9 Å². The van der Waals surface area contributed by atoms with Gasteiger partial charge < -0.3 is 5.73 Å². The van der Waals surface area contributed by atoms with Crippen molar-refractivity contribution in [3.8, 4) is 5.82 Å². The third-order valence-corrected chi connectivity index (χ3v) is 1.86. The highest BCUT2D eigenvalue weighted by Crippen LogP contribution is 2.03. The predicted molar refractivity (Wildman–Crippen MR) is 54.9 cm³/mol. The maximum atomic E-state index is 7.17. The SMILES string of the molecule is Cc1cnn(-c2cnc(C(=N)N)cn2)c1. The molecule has 0 saturated heterocycles. The van der Waals surface area contributed by atoms with E-state index in [-0.39, 0.29) is 5.84 Å². The second-order valence-corrected chi connectivity index (χ2v) is 3.14. The second-order valence-electron chi connectivity index (χ2n) is 3.14. The van der Waals surface area contributed by atoms with Crippen LogP contribution in [0.25, 0.3) is 5.82 Å². The number of nitrogens with zero attached hydrogens (tertiary/aromatic N) is 4. The fraction of sp³-hybridized carbons (Fsp3) is 0.111. The van der Waals surface area contributed by atoms with Gasteiger partial charge in [-0.1, -0.05) is 0 Å². The summed E-state index contributed by atoms with van der Waals surface area (Å²) in [4.78, 5) is 8.09. The van der Waals surface area contributed by atoms with E-state index >= 15 is 0 Å². The Morgan fingerprint density at radius 1 is 1.33 bits per heavy atom. The lowest BCUT2D eigenvalue weighted by atomic mass is 10.4. The maximum Gasteiger partial charge on any atom is 0.171 e.